The van der Waals surface area contributed by atoms with Crippen molar-refractivity contribution in [2.24, 2.45) is 10.2 Å². The summed E-state index contributed by atoms with van der Waals surface area (Å²) in [5, 5.41) is 20.6. The molecule has 0 saturated heterocycles. The Morgan fingerprint density at radius 1 is 0.667 bits per heavy atom. The molecular formula is C28H21N3O4S. The Balaban J connectivity index is 1.50. The van der Waals surface area contributed by atoms with Crippen molar-refractivity contribution in [1.29, 1.82) is 0 Å². The molecule has 8 heteroatoms. The van der Waals surface area contributed by atoms with Gasteiger partial charge in [-0.05, 0) is 53.9 Å². The van der Waals surface area contributed by atoms with Crippen molar-refractivity contribution in [2.75, 3.05) is 4.72 Å². The molecule has 0 aliphatic heterocycles. The van der Waals surface area contributed by atoms with Gasteiger partial charge in [-0.15, -0.1) is 10.2 Å². The SMILES string of the molecule is O=S(=O)(Nc1cccc2ccc(N=Nc3ccccc3Oc3ccccc3)c(O)c12)c1ccccc1. The van der Waals surface area contributed by atoms with Crippen LogP contribution in [0.2, 0.25) is 0 Å². The standard InChI is InChI=1S/C28H21N3O4S/c32-28-25(30-29-23-15-7-8-17-26(23)35-21-11-3-1-4-12-21)19-18-20-10-9-16-24(27(20)28)31-36(33,34)22-13-5-2-6-14-22/h1-19,31-32H. The number of aromatic hydroxyl groups is 1. The molecule has 36 heavy (non-hydrogen) atoms. The first-order valence-electron chi connectivity index (χ1n) is 11.1. The van der Waals surface area contributed by atoms with Crippen molar-refractivity contribution in [3.05, 3.63) is 115 Å². The van der Waals surface area contributed by atoms with E-state index in [4.69, 9.17) is 4.74 Å². The zero-order valence-corrected chi connectivity index (χ0v) is 19.8. The van der Waals surface area contributed by atoms with E-state index in [0.29, 0.717) is 28.0 Å². The molecule has 0 aromatic heterocycles. The van der Waals surface area contributed by atoms with Crippen LogP contribution < -0.4 is 9.46 Å². The number of phenols is 1. The second kappa shape index (κ2) is 9.89. The van der Waals surface area contributed by atoms with Crippen LogP contribution in [0.4, 0.5) is 17.1 Å². The van der Waals surface area contributed by atoms with Gasteiger partial charge in [-0.25, -0.2) is 8.42 Å². The predicted octanol–water partition coefficient (Wildman–Crippen LogP) is 7.55. The molecule has 0 fully saturated rings. The van der Waals surface area contributed by atoms with Gasteiger partial charge in [-0.1, -0.05) is 66.7 Å². The lowest BCUT2D eigenvalue weighted by atomic mass is 10.1. The molecule has 0 unspecified atom stereocenters. The van der Waals surface area contributed by atoms with Crippen molar-refractivity contribution in [3.63, 3.8) is 0 Å². The fourth-order valence-electron chi connectivity index (χ4n) is 3.67. The maximum Gasteiger partial charge on any atom is 0.261 e. The summed E-state index contributed by atoms with van der Waals surface area (Å²) in [5.74, 6) is 0.970. The highest BCUT2D eigenvalue weighted by atomic mass is 32.2. The first-order valence-corrected chi connectivity index (χ1v) is 12.6. The summed E-state index contributed by atoms with van der Waals surface area (Å²) in [6.45, 7) is 0. The molecular weight excluding hydrogens is 474 g/mol. The van der Waals surface area contributed by atoms with E-state index in [1.54, 1.807) is 60.7 Å². The van der Waals surface area contributed by atoms with Crippen LogP contribution in [0.1, 0.15) is 0 Å². The van der Waals surface area contributed by atoms with E-state index in [2.05, 4.69) is 15.0 Å². The third-order valence-corrected chi connectivity index (χ3v) is 6.78. The predicted molar refractivity (Wildman–Crippen MR) is 140 cm³/mol. The van der Waals surface area contributed by atoms with Gasteiger partial charge in [0, 0.05) is 0 Å². The smallest absolute Gasteiger partial charge is 0.261 e. The van der Waals surface area contributed by atoms with Gasteiger partial charge in [-0.2, -0.15) is 0 Å². The quantitative estimate of drug-likeness (QED) is 0.228. The van der Waals surface area contributed by atoms with E-state index < -0.39 is 10.0 Å². The van der Waals surface area contributed by atoms with E-state index in [1.165, 1.54) is 12.1 Å². The summed E-state index contributed by atoms with van der Waals surface area (Å²) in [6, 6.07) is 33.0. The molecule has 7 nitrogen and oxygen atoms in total. The van der Waals surface area contributed by atoms with Crippen LogP contribution in [0, 0.1) is 0 Å². The van der Waals surface area contributed by atoms with Gasteiger partial charge < -0.3 is 9.84 Å². The molecule has 0 spiro atoms. The second-order valence-corrected chi connectivity index (χ2v) is 9.52. The van der Waals surface area contributed by atoms with E-state index in [0.717, 1.165) is 0 Å². The molecule has 5 aromatic carbocycles. The Hall–Kier alpha value is -4.69. The fraction of sp³-hybridized carbons (Fsp3) is 0. The maximum absolute atomic E-state index is 12.9. The van der Waals surface area contributed by atoms with Crippen molar-refractivity contribution >= 4 is 37.9 Å². The summed E-state index contributed by atoms with van der Waals surface area (Å²) in [7, 11) is -3.86. The number of hydrogen-bond donors (Lipinski definition) is 2. The first-order chi connectivity index (χ1) is 17.5. The highest BCUT2D eigenvalue weighted by molar-refractivity contribution is 7.92. The van der Waals surface area contributed by atoms with Gasteiger partial charge in [0.25, 0.3) is 10.0 Å². The van der Waals surface area contributed by atoms with Crippen LogP contribution in [-0.2, 0) is 10.0 Å². The van der Waals surface area contributed by atoms with Gasteiger partial charge in [0.05, 0.1) is 16.0 Å². The molecule has 5 rings (SSSR count). The average Bonchev–Trinajstić information content (AvgIpc) is 2.90. The lowest BCUT2D eigenvalue weighted by Gasteiger charge is -2.13. The highest BCUT2D eigenvalue weighted by Crippen LogP contribution is 2.41. The van der Waals surface area contributed by atoms with E-state index in [9.17, 15) is 13.5 Å². The summed E-state index contributed by atoms with van der Waals surface area (Å²) in [4.78, 5) is 0.118. The molecule has 5 aromatic rings. The van der Waals surface area contributed by atoms with Gasteiger partial charge in [0.15, 0.2) is 11.5 Å². The van der Waals surface area contributed by atoms with Gasteiger partial charge in [0.2, 0.25) is 0 Å². The molecule has 0 heterocycles. The largest absolute Gasteiger partial charge is 0.505 e. The maximum atomic E-state index is 12.9. The third kappa shape index (κ3) is 4.89. The molecule has 0 saturated carbocycles. The zero-order chi connectivity index (χ0) is 25.0. The van der Waals surface area contributed by atoms with Gasteiger partial charge >= 0.3 is 0 Å². The van der Waals surface area contributed by atoms with Gasteiger partial charge in [-0.3, -0.25) is 4.72 Å². The van der Waals surface area contributed by atoms with Crippen LogP contribution in [-0.4, -0.2) is 13.5 Å². The molecule has 2 N–H and O–H groups in total. The lowest BCUT2D eigenvalue weighted by molar-refractivity contribution is 0.481. The minimum absolute atomic E-state index is 0.118. The number of fused-ring (bicyclic) bond motifs is 1. The Labute approximate surface area is 208 Å². The van der Waals surface area contributed by atoms with E-state index >= 15 is 0 Å². The Bertz CT molecular complexity index is 1660. The Kier molecular flexibility index (Phi) is 6.34. The third-order valence-electron chi connectivity index (χ3n) is 5.40. The fourth-order valence-corrected chi connectivity index (χ4v) is 4.76. The first kappa shape index (κ1) is 23.1. The molecule has 0 atom stereocenters. The highest BCUT2D eigenvalue weighted by Gasteiger charge is 2.18. The molecule has 0 aliphatic carbocycles. The summed E-state index contributed by atoms with van der Waals surface area (Å²) < 4.78 is 34.3. The number of hydrogen-bond acceptors (Lipinski definition) is 6. The number of sulfonamides is 1. The average molecular weight is 496 g/mol. The molecule has 0 bridgehead atoms. The summed E-state index contributed by atoms with van der Waals surface area (Å²) in [6.07, 6.45) is 0. The number of azo groups is 1. The number of benzene rings is 5. The number of ether oxygens (including phenoxy) is 1. The summed E-state index contributed by atoms with van der Waals surface area (Å²) in [5.41, 5.74) is 0.890. The molecule has 0 radical (unpaired) electrons. The van der Waals surface area contributed by atoms with E-state index in [-0.39, 0.29) is 22.0 Å². The van der Waals surface area contributed by atoms with Crippen LogP contribution in [0.3, 0.4) is 0 Å². The molecule has 178 valence electrons. The van der Waals surface area contributed by atoms with Crippen molar-refractivity contribution in [3.8, 4) is 17.2 Å². The minimum atomic E-state index is -3.86. The van der Waals surface area contributed by atoms with Crippen molar-refractivity contribution < 1.29 is 18.3 Å². The summed E-state index contributed by atoms with van der Waals surface area (Å²) >= 11 is 0. The molecule has 0 aliphatic rings. The topological polar surface area (TPSA) is 100 Å². The second-order valence-electron chi connectivity index (χ2n) is 7.84. The van der Waals surface area contributed by atoms with Crippen LogP contribution in [0.25, 0.3) is 10.8 Å². The zero-order valence-electron chi connectivity index (χ0n) is 18.9. The van der Waals surface area contributed by atoms with Crippen molar-refractivity contribution in [1.82, 2.24) is 0 Å². The number of phenolic OH excluding ortho intramolecular Hbond substituents is 1. The Morgan fingerprint density at radius 3 is 2.11 bits per heavy atom. The lowest BCUT2D eigenvalue weighted by Crippen LogP contribution is -2.13. The number of para-hydroxylation sites is 2. The molecule has 0 amide bonds. The number of nitrogens with one attached hydrogen (secondary N) is 1. The van der Waals surface area contributed by atoms with Crippen LogP contribution >= 0.6 is 0 Å². The number of anilines is 1. The Morgan fingerprint density at radius 2 is 1.33 bits per heavy atom. The number of rotatable bonds is 7. The normalized spacial score (nSPS) is 11.6. The van der Waals surface area contributed by atoms with Crippen LogP contribution in [0.5, 0.6) is 17.2 Å². The minimum Gasteiger partial charge on any atom is -0.505 e. The van der Waals surface area contributed by atoms with E-state index in [1.807, 2.05) is 42.5 Å². The number of nitrogens with zero attached hydrogens (tertiary/aromatic N) is 2. The van der Waals surface area contributed by atoms with Crippen molar-refractivity contribution in [2.45, 2.75) is 4.90 Å². The monoisotopic (exact) mass is 495 g/mol. The van der Waals surface area contributed by atoms with Crippen LogP contribution in [0.15, 0.2) is 130 Å². The van der Waals surface area contributed by atoms with Gasteiger partial charge in [0.1, 0.15) is 17.1 Å².